The molecule has 1 unspecified atom stereocenters. The van der Waals surface area contributed by atoms with Crippen molar-refractivity contribution >= 4 is 11.6 Å². The molecule has 0 saturated carbocycles. The first-order chi connectivity index (χ1) is 12.2. The van der Waals surface area contributed by atoms with Gasteiger partial charge in [-0.2, -0.15) is 4.98 Å². The van der Waals surface area contributed by atoms with E-state index in [0.717, 1.165) is 30.1 Å². The molecule has 0 amide bonds. The van der Waals surface area contributed by atoms with Crippen molar-refractivity contribution in [1.29, 1.82) is 0 Å². The van der Waals surface area contributed by atoms with Gasteiger partial charge < -0.3 is 9.42 Å². The second kappa shape index (κ2) is 6.98. The molecule has 128 valence electrons. The summed E-state index contributed by atoms with van der Waals surface area (Å²) in [6.45, 7) is 1.97. The molecule has 1 aliphatic rings. The van der Waals surface area contributed by atoms with E-state index < -0.39 is 0 Å². The fraction of sp³-hybridized carbons (Fsp3) is 0.300. The van der Waals surface area contributed by atoms with Crippen LogP contribution in [-0.4, -0.2) is 35.2 Å². The lowest BCUT2D eigenvalue weighted by Crippen LogP contribution is -2.35. The maximum absolute atomic E-state index is 6.05. The predicted molar refractivity (Wildman–Crippen MR) is 98.8 cm³/mol. The minimum Gasteiger partial charge on any atom is -0.339 e. The van der Waals surface area contributed by atoms with E-state index in [1.165, 1.54) is 5.56 Å². The molecule has 0 aliphatic carbocycles. The second-order valence-electron chi connectivity index (χ2n) is 6.64. The van der Waals surface area contributed by atoms with E-state index in [1.54, 1.807) is 0 Å². The highest BCUT2D eigenvalue weighted by Crippen LogP contribution is 2.39. The number of halogens is 1. The molecule has 1 aliphatic heterocycles. The van der Waals surface area contributed by atoms with Crippen LogP contribution in [0.15, 0.2) is 59.1 Å². The van der Waals surface area contributed by atoms with Gasteiger partial charge in [-0.1, -0.05) is 59.2 Å². The lowest BCUT2D eigenvalue weighted by atomic mass is 9.80. The van der Waals surface area contributed by atoms with E-state index in [9.17, 15) is 0 Å². The molecule has 5 heteroatoms. The van der Waals surface area contributed by atoms with Gasteiger partial charge in [0.05, 0.1) is 5.92 Å². The molecule has 25 heavy (non-hydrogen) atoms. The molecule has 2 heterocycles. The smallest absolute Gasteiger partial charge is 0.231 e. The minimum atomic E-state index is 0.185. The summed E-state index contributed by atoms with van der Waals surface area (Å²) < 4.78 is 5.67. The SMILES string of the molecule is CN1CC[C@H](c2ccc(Cl)cc2)C(c2nc(-c3ccccc3)no2)C1. The van der Waals surface area contributed by atoms with Gasteiger partial charge in [-0.25, -0.2) is 0 Å². The molecule has 4 nitrogen and oxygen atoms in total. The Morgan fingerprint density at radius 1 is 1.04 bits per heavy atom. The van der Waals surface area contributed by atoms with Crippen LogP contribution in [0.4, 0.5) is 0 Å². The van der Waals surface area contributed by atoms with Crippen LogP contribution in [0.5, 0.6) is 0 Å². The first kappa shape index (κ1) is 16.3. The molecule has 1 fully saturated rings. The number of hydrogen-bond donors (Lipinski definition) is 0. The van der Waals surface area contributed by atoms with Gasteiger partial charge in [-0.05, 0) is 43.6 Å². The summed E-state index contributed by atoms with van der Waals surface area (Å²) in [5, 5.41) is 4.96. The number of likely N-dealkylation sites (tertiary alicyclic amines) is 1. The van der Waals surface area contributed by atoms with Crippen LogP contribution >= 0.6 is 11.6 Å². The van der Waals surface area contributed by atoms with Crippen LogP contribution in [0.25, 0.3) is 11.4 Å². The van der Waals surface area contributed by atoms with E-state index in [2.05, 4.69) is 29.2 Å². The fourth-order valence-electron chi connectivity index (χ4n) is 3.56. The van der Waals surface area contributed by atoms with Crippen LogP contribution in [0.3, 0.4) is 0 Å². The summed E-state index contributed by atoms with van der Waals surface area (Å²) in [6, 6.07) is 18.1. The van der Waals surface area contributed by atoms with Crippen molar-refractivity contribution in [3.05, 3.63) is 71.1 Å². The summed E-state index contributed by atoms with van der Waals surface area (Å²) in [4.78, 5) is 7.02. The van der Waals surface area contributed by atoms with E-state index in [4.69, 9.17) is 21.1 Å². The van der Waals surface area contributed by atoms with Crippen LogP contribution in [0, 0.1) is 0 Å². The highest BCUT2D eigenvalue weighted by Gasteiger charge is 2.34. The van der Waals surface area contributed by atoms with E-state index in [0.29, 0.717) is 17.6 Å². The molecule has 1 aromatic heterocycles. The number of aromatic nitrogens is 2. The predicted octanol–water partition coefficient (Wildman–Crippen LogP) is 4.59. The number of benzene rings is 2. The molecule has 4 rings (SSSR count). The Labute approximate surface area is 152 Å². The molecule has 3 aromatic rings. The highest BCUT2D eigenvalue weighted by molar-refractivity contribution is 6.30. The van der Waals surface area contributed by atoms with Crippen molar-refractivity contribution in [2.24, 2.45) is 0 Å². The summed E-state index contributed by atoms with van der Waals surface area (Å²) in [5.41, 5.74) is 2.26. The van der Waals surface area contributed by atoms with Gasteiger partial charge in [0.25, 0.3) is 0 Å². The number of piperidine rings is 1. The summed E-state index contributed by atoms with van der Waals surface area (Å²) in [5.74, 6) is 1.91. The Kier molecular flexibility index (Phi) is 4.55. The van der Waals surface area contributed by atoms with Crippen LogP contribution in [-0.2, 0) is 0 Å². The van der Waals surface area contributed by atoms with Crippen molar-refractivity contribution in [2.45, 2.75) is 18.3 Å². The molecular weight excluding hydrogens is 334 g/mol. The standard InChI is InChI=1S/C20H20ClN3O/c1-24-12-11-17(14-7-9-16(21)10-8-14)18(13-24)20-22-19(23-25-20)15-5-3-2-4-6-15/h2-10,17-18H,11-13H2,1H3/t17-,18?/m1/s1. The molecule has 0 bridgehead atoms. The van der Waals surface area contributed by atoms with E-state index in [1.807, 2.05) is 42.5 Å². The minimum absolute atomic E-state index is 0.185. The molecule has 1 saturated heterocycles. The van der Waals surface area contributed by atoms with Crippen LogP contribution < -0.4 is 0 Å². The van der Waals surface area contributed by atoms with Gasteiger partial charge in [0.1, 0.15) is 0 Å². The number of rotatable bonds is 3. The van der Waals surface area contributed by atoms with Crippen molar-refractivity contribution < 1.29 is 4.52 Å². The Hall–Kier alpha value is -2.17. The topological polar surface area (TPSA) is 42.2 Å². The van der Waals surface area contributed by atoms with Crippen LogP contribution in [0.2, 0.25) is 5.02 Å². The zero-order valence-electron chi connectivity index (χ0n) is 14.1. The van der Waals surface area contributed by atoms with Gasteiger partial charge in [0.2, 0.25) is 11.7 Å². The zero-order valence-corrected chi connectivity index (χ0v) is 14.9. The number of hydrogen-bond acceptors (Lipinski definition) is 4. The Bertz CT molecular complexity index is 832. The quantitative estimate of drug-likeness (QED) is 0.690. The molecule has 2 aromatic carbocycles. The Morgan fingerprint density at radius 2 is 1.80 bits per heavy atom. The average Bonchev–Trinajstić information content (AvgIpc) is 3.13. The van der Waals surface area contributed by atoms with Gasteiger partial charge in [-0.15, -0.1) is 0 Å². The second-order valence-corrected chi connectivity index (χ2v) is 7.07. The van der Waals surface area contributed by atoms with Gasteiger partial charge in [-0.3, -0.25) is 0 Å². The van der Waals surface area contributed by atoms with Crippen molar-refractivity contribution in [3.63, 3.8) is 0 Å². The van der Waals surface area contributed by atoms with Crippen LogP contribution in [0.1, 0.15) is 29.7 Å². The molecular formula is C20H20ClN3O. The lowest BCUT2D eigenvalue weighted by Gasteiger charge is -2.35. The molecule has 0 radical (unpaired) electrons. The van der Waals surface area contributed by atoms with Crippen molar-refractivity contribution in [3.8, 4) is 11.4 Å². The summed E-state index contributed by atoms with van der Waals surface area (Å²) >= 11 is 6.05. The third-order valence-electron chi connectivity index (χ3n) is 4.90. The molecule has 2 atom stereocenters. The van der Waals surface area contributed by atoms with Crippen molar-refractivity contribution in [2.75, 3.05) is 20.1 Å². The first-order valence-corrected chi connectivity index (χ1v) is 8.91. The Morgan fingerprint density at radius 3 is 2.56 bits per heavy atom. The van der Waals surface area contributed by atoms with Crippen molar-refractivity contribution in [1.82, 2.24) is 15.0 Å². The maximum Gasteiger partial charge on any atom is 0.231 e. The largest absolute Gasteiger partial charge is 0.339 e. The molecule has 0 N–H and O–H groups in total. The van der Waals surface area contributed by atoms with Gasteiger partial charge in [0, 0.05) is 17.1 Å². The third kappa shape index (κ3) is 3.46. The first-order valence-electron chi connectivity index (χ1n) is 8.54. The summed E-state index contributed by atoms with van der Waals surface area (Å²) in [7, 11) is 2.14. The highest BCUT2D eigenvalue weighted by atomic mass is 35.5. The monoisotopic (exact) mass is 353 g/mol. The number of likely N-dealkylation sites (N-methyl/N-ethyl adjacent to an activating group) is 1. The van der Waals surface area contributed by atoms with Gasteiger partial charge >= 0.3 is 0 Å². The van der Waals surface area contributed by atoms with E-state index in [-0.39, 0.29) is 5.92 Å². The average molecular weight is 354 g/mol. The van der Waals surface area contributed by atoms with Gasteiger partial charge in [0.15, 0.2) is 0 Å². The molecule has 0 spiro atoms. The maximum atomic E-state index is 6.05. The number of nitrogens with zero attached hydrogens (tertiary/aromatic N) is 3. The zero-order chi connectivity index (χ0) is 17.2. The Balaban J connectivity index is 1.66. The lowest BCUT2D eigenvalue weighted by molar-refractivity contribution is 0.198. The van der Waals surface area contributed by atoms with E-state index >= 15 is 0 Å². The third-order valence-corrected chi connectivity index (χ3v) is 5.16. The normalized spacial score (nSPS) is 21.4. The fourth-order valence-corrected chi connectivity index (χ4v) is 3.69. The summed E-state index contributed by atoms with van der Waals surface area (Å²) in [6.07, 6.45) is 1.06.